The highest BCUT2D eigenvalue weighted by atomic mass is 32.2. The van der Waals surface area contributed by atoms with Gasteiger partial charge in [-0.2, -0.15) is 4.98 Å². The molecule has 1 aromatic heterocycles. The Morgan fingerprint density at radius 2 is 2.17 bits per heavy atom. The summed E-state index contributed by atoms with van der Waals surface area (Å²) in [7, 11) is -3.06. The molecule has 18 heavy (non-hydrogen) atoms. The Labute approximate surface area is 106 Å². The van der Waals surface area contributed by atoms with Gasteiger partial charge in [0.25, 0.3) is 0 Å². The van der Waals surface area contributed by atoms with Crippen LogP contribution in [0.15, 0.2) is 4.52 Å². The molecule has 3 heterocycles. The summed E-state index contributed by atoms with van der Waals surface area (Å²) >= 11 is 0. The lowest BCUT2D eigenvalue weighted by Crippen LogP contribution is -2.28. The molecule has 7 heteroatoms. The van der Waals surface area contributed by atoms with E-state index < -0.39 is 15.1 Å². The Morgan fingerprint density at radius 1 is 1.28 bits per heavy atom. The summed E-state index contributed by atoms with van der Waals surface area (Å²) in [5, 5.41) is 6.61. The quantitative estimate of drug-likeness (QED) is 0.856. The van der Waals surface area contributed by atoms with Crippen molar-refractivity contribution in [1.82, 2.24) is 15.5 Å². The van der Waals surface area contributed by atoms with Crippen LogP contribution in [0.5, 0.6) is 0 Å². The van der Waals surface area contributed by atoms with Gasteiger partial charge in [0.1, 0.15) is 5.25 Å². The molecule has 0 spiro atoms. The van der Waals surface area contributed by atoms with E-state index in [2.05, 4.69) is 15.5 Å². The molecule has 0 radical (unpaired) electrons. The van der Waals surface area contributed by atoms with E-state index in [1.165, 1.54) is 0 Å². The molecule has 100 valence electrons. The van der Waals surface area contributed by atoms with E-state index in [1.54, 1.807) is 0 Å². The minimum absolute atomic E-state index is 0.226. The molecule has 3 rings (SSSR count). The molecule has 2 aliphatic rings. The van der Waals surface area contributed by atoms with Crippen LogP contribution in [0, 0.1) is 0 Å². The van der Waals surface area contributed by atoms with Gasteiger partial charge < -0.3 is 9.84 Å². The van der Waals surface area contributed by atoms with Crippen LogP contribution >= 0.6 is 0 Å². The van der Waals surface area contributed by atoms with E-state index in [1.807, 2.05) is 0 Å². The fraction of sp³-hybridized carbons (Fsp3) is 0.818. The zero-order valence-electron chi connectivity index (χ0n) is 10.1. The van der Waals surface area contributed by atoms with Gasteiger partial charge in [-0.15, -0.1) is 0 Å². The van der Waals surface area contributed by atoms with Crippen LogP contribution in [0.4, 0.5) is 0 Å². The van der Waals surface area contributed by atoms with Crippen molar-refractivity contribution in [3.05, 3.63) is 11.7 Å². The van der Waals surface area contributed by atoms with Crippen molar-refractivity contribution in [3.8, 4) is 0 Å². The van der Waals surface area contributed by atoms with E-state index in [9.17, 15) is 8.42 Å². The lowest BCUT2D eigenvalue weighted by Gasteiger charge is -2.18. The second-order valence-electron chi connectivity index (χ2n) is 5.03. The van der Waals surface area contributed by atoms with Gasteiger partial charge >= 0.3 is 0 Å². The summed E-state index contributed by atoms with van der Waals surface area (Å²) in [5.74, 6) is 1.41. The van der Waals surface area contributed by atoms with Crippen LogP contribution in [-0.2, 0) is 9.84 Å². The Bertz CT molecular complexity index is 519. The summed E-state index contributed by atoms with van der Waals surface area (Å²) in [4.78, 5) is 4.31. The largest absolute Gasteiger partial charge is 0.339 e. The molecule has 2 saturated heterocycles. The minimum atomic E-state index is -3.06. The van der Waals surface area contributed by atoms with E-state index >= 15 is 0 Å². The predicted molar refractivity (Wildman–Crippen MR) is 64.9 cm³/mol. The maximum Gasteiger partial charge on any atom is 0.231 e. The molecule has 0 aliphatic carbocycles. The van der Waals surface area contributed by atoms with Crippen LogP contribution in [0.25, 0.3) is 0 Å². The maximum atomic E-state index is 11.8. The van der Waals surface area contributed by atoms with Crippen LogP contribution < -0.4 is 5.32 Å². The summed E-state index contributed by atoms with van der Waals surface area (Å²) in [6.45, 7) is 1.85. The molecule has 0 aromatic carbocycles. The number of aromatic nitrogens is 2. The molecule has 0 bridgehead atoms. The smallest absolute Gasteiger partial charge is 0.231 e. The van der Waals surface area contributed by atoms with E-state index in [4.69, 9.17) is 4.52 Å². The van der Waals surface area contributed by atoms with Crippen molar-refractivity contribution in [2.24, 2.45) is 0 Å². The van der Waals surface area contributed by atoms with Gasteiger partial charge in [-0.05, 0) is 32.2 Å². The third-order valence-corrected chi connectivity index (χ3v) is 5.89. The van der Waals surface area contributed by atoms with Gasteiger partial charge in [-0.3, -0.25) is 0 Å². The third kappa shape index (κ3) is 2.16. The maximum absolute atomic E-state index is 11.8. The van der Waals surface area contributed by atoms with E-state index in [0.717, 1.165) is 25.9 Å². The summed E-state index contributed by atoms with van der Waals surface area (Å²) < 4.78 is 28.9. The summed E-state index contributed by atoms with van der Waals surface area (Å²) in [5.41, 5.74) is 0. The second-order valence-corrected chi connectivity index (χ2v) is 7.33. The van der Waals surface area contributed by atoms with E-state index in [-0.39, 0.29) is 11.7 Å². The molecule has 2 fully saturated rings. The zero-order chi connectivity index (χ0) is 12.6. The second kappa shape index (κ2) is 4.62. The predicted octanol–water partition coefficient (Wildman–Crippen LogP) is 0.786. The number of nitrogens with zero attached hydrogens (tertiary/aromatic N) is 2. The zero-order valence-corrected chi connectivity index (χ0v) is 10.9. The lowest BCUT2D eigenvalue weighted by molar-refractivity contribution is 0.320. The summed E-state index contributed by atoms with van der Waals surface area (Å²) in [6, 6.07) is 0. The van der Waals surface area contributed by atoms with Crippen molar-refractivity contribution in [1.29, 1.82) is 0 Å². The molecule has 0 amide bonds. The number of nitrogens with one attached hydrogen (secondary N) is 1. The first-order chi connectivity index (χ1) is 8.67. The number of sulfone groups is 1. The van der Waals surface area contributed by atoms with Crippen LogP contribution in [-0.4, -0.2) is 37.4 Å². The van der Waals surface area contributed by atoms with Gasteiger partial charge in [0.15, 0.2) is 15.7 Å². The van der Waals surface area contributed by atoms with Gasteiger partial charge in [0.05, 0.1) is 11.7 Å². The highest BCUT2D eigenvalue weighted by Crippen LogP contribution is 2.33. The average molecular weight is 271 g/mol. The number of piperidine rings is 1. The average Bonchev–Trinajstić information content (AvgIpc) is 2.96. The van der Waals surface area contributed by atoms with Crippen LogP contribution in [0.3, 0.4) is 0 Å². The molecule has 1 N–H and O–H groups in total. The monoisotopic (exact) mass is 271 g/mol. The Kier molecular flexibility index (Phi) is 3.11. The third-order valence-electron chi connectivity index (χ3n) is 3.72. The van der Waals surface area contributed by atoms with Gasteiger partial charge in [0.2, 0.25) is 5.89 Å². The van der Waals surface area contributed by atoms with Crippen molar-refractivity contribution in [3.63, 3.8) is 0 Å². The van der Waals surface area contributed by atoms with Crippen molar-refractivity contribution in [2.45, 2.75) is 36.9 Å². The molecule has 0 saturated carbocycles. The van der Waals surface area contributed by atoms with Gasteiger partial charge in [-0.25, -0.2) is 8.42 Å². The van der Waals surface area contributed by atoms with Crippen LogP contribution in [0.1, 0.15) is 48.6 Å². The molecule has 1 aromatic rings. The molecule has 2 unspecified atom stereocenters. The SMILES string of the molecule is O=S1(=O)CCCC1c1noc(C2CCCNC2)n1. The van der Waals surface area contributed by atoms with Crippen LogP contribution in [0.2, 0.25) is 0 Å². The summed E-state index contributed by atoms with van der Waals surface area (Å²) in [6.07, 6.45) is 3.42. The molecular formula is C11H17N3O3S. The highest BCUT2D eigenvalue weighted by molar-refractivity contribution is 7.91. The van der Waals surface area contributed by atoms with Crippen molar-refractivity contribution < 1.29 is 12.9 Å². The first-order valence-electron chi connectivity index (χ1n) is 6.42. The molecule has 2 atom stereocenters. The topological polar surface area (TPSA) is 85.1 Å². The molecule has 2 aliphatic heterocycles. The Hall–Kier alpha value is -0.950. The molecular weight excluding hydrogens is 254 g/mol. The van der Waals surface area contributed by atoms with E-state index in [0.29, 0.717) is 24.6 Å². The standard InChI is InChI=1S/C11H17N3O3S/c15-18(16)6-2-4-9(18)10-13-11(17-14-10)8-3-1-5-12-7-8/h8-9,12H,1-7H2. The first kappa shape index (κ1) is 12.1. The minimum Gasteiger partial charge on any atom is -0.339 e. The number of rotatable bonds is 2. The van der Waals surface area contributed by atoms with Crippen molar-refractivity contribution >= 4 is 9.84 Å². The number of hydrogen-bond acceptors (Lipinski definition) is 6. The molecule has 6 nitrogen and oxygen atoms in total. The van der Waals surface area contributed by atoms with Gasteiger partial charge in [0, 0.05) is 6.54 Å². The normalized spacial score (nSPS) is 31.6. The fourth-order valence-corrected chi connectivity index (χ4v) is 4.48. The Balaban J connectivity index is 1.81. The Morgan fingerprint density at radius 3 is 2.83 bits per heavy atom. The number of hydrogen-bond donors (Lipinski definition) is 1. The fourth-order valence-electron chi connectivity index (χ4n) is 2.69. The van der Waals surface area contributed by atoms with Gasteiger partial charge in [-0.1, -0.05) is 5.16 Å². The first-order valence-corrected chi connectivity index (χ1v) is 8.14. The highest BCUT2D eigenvalue weighted by Gasteiger charge is 2.36. The van der Waals surface area contributed by atoms with Crippen molar-refractivity contribution in [2.75, 3.05) is 18.8 Å². The lowest BCUT2D eigenvalue weighted by atomic mass is 10.00.